The summed E-state index contributed by atoms with van der Waals surface area (Å²) in [6.07, 6.45) is 4.79. The molecule has 0 aromatic carbocycles. The van der Waals surface area contributed by atoms with E-state index in [2.05, 4.69) is 10.2 Å². The van der Waals surface area contributed by atoms with Crippen LogP contribution in [0.3, 0.4) is 0 Å². The van der Waals surface area contributed by atoms with Crippen LogP contribution in [0.2, 0.25) is 0 Å². The van der Waals surface area contributed by atoms with Crippen LogP contribution in [0.25, 0.3) is 0 Å². The Labute approximate surface area is 145 Å². The molecule has 3 aliphatic heterocycles. The number of halogens is 1. The summed E-state index contributed by atoms with van der Waals surface area (Å²) >= 11 is 0. The van der Waals surface area contributed by atoms with Crippen LogP contribution in [0.4, 0.5) is 0 Å². The summed E-state index contributed by atoms with van der Waals surface area (Å²) in [5, 5.41) is 3.15. The lowest BCUT2D eigenvalue weighted by atomic mass is 10.0. The number of likely N-dealkylation sites (tertiary alicyclic amines) is 1. The van der Waals surface area contributed by atoms with Gasteiger partial charge in [-0.3, -0.25) is 14.5 Å². The predicted molar refractivity (Wildman–Crippen MR) is 91.7 cm³/mol. The lowest BCUT2D eigenvalue weighted by molar-refractivity contribution is -0.139. The van der Waals surface area contributed by atoms with Crippen molar-refractivity contribution in [2.75, 3.05) is 58.9 Å². The number of hydrogen-bond donors (Lipinski definition) is 1. The summed E-state index contributed by atoms with van der Waals surface area (Å²) in [6.45, 7) is 7.20. The second kappa shape index (κ2) is 8.85. The van der Waals surface area contributed by atoms with E-state index >= 15 is 0 Å². The van der Waals surface area contributed by atoms with Gasteiger partial charge in [0.15, 0.2) is 0 Å². The normalized spacial score (nSPS) is 23.7. The Bertz CT molecular complexity index is 401. The molecule has 3 heterocycles. The van der Waals surface area contributed by atoms with E-state index in [9.17, 15) is 9.59 Å². The summed E-state index contributed by atoms with van der Waals surface area (Å²) in [4.78, 5) is 30.8. The zero-order valence-corrected chi connectivity index (χ0v) is 14.7. The van der Waals surface area contributed by atoms with Crippen molar-refractivity contribution in [3.8, 4) is 0 Å². The molecule has 3 rings (SSSR count). The smallest absolute Gasteiger partial charge is 0.236 e. The summed E-state index contributed by atoms with van der Waals surface area (Å²) in [6, 6.07) is 0. The fourth-order valence-corrected chi connectivity index (χ4v) is 3.46. The van der Waals surface area contributed by atoms with Crippen molar-refractivity contribution >= 4 is 24.2 Å². The molecule has 6 nitrogen and oxygen atoms in total. The average molecular weight is 345 g/mol. The van der Waals surface area contributed by atoms with Crippen LogP contribution in [0.1, 0.15) is 25.7 Å². The van der Waals surface area contributed by atoms with Gasteiger partial charge in [-0.2, -0.15) is 0 Å². The molecule has 0 bridgehead atoms. The van der Waals surface area contributed by atoms with Gasteiger partial charge < -0.3 is 15.1 Å². The van der Waals surface area contributed by atoms with Gasteiger partial charge >= 0.3 is 0 Å². The molecule has 0 atom stereocenters. The molecule has 0 spiro atoms. The Morgan fingerprint density at radius 2 is 1.43 bits per heavy atom. The third kappa shape index (κ3) is 4.81. The van der Waals surface area contributed by atoms with Crippen molar-refractivity contribution in [2.45, 2.75) is 25.7 Å². The molecule has 7 heteroatoms. The Hall–Kier alpha value is -0.850. The Morgan fingerprint density at radius 3 is 1.96 bits per heavy atom. The quantitative estimate of drug-likeness (QED) is 0.793. The minimum Gasteiger partial charge on any atom is -0.342 e. The molecule has 0 aromatic rings. The zero-order chi connectivity index (χ0) is 15.4. The van der Waals surface area contributed by atoms with Crippen LogP contribution in [-0.4, -0.2) is 85.4 Å². The standard InChI is InChI=1S/C16H28N4O2.ClH/c21-15(19-5-3-1-2-4-6-19)13-18-7-9-20(10-8-18)16(22)14-11-17-12-14;/h14,17H,1-13H2;1H. The van der Waals surface area contributed by atoms with Crippen molar-refractivity contribution in [3.05, 3.63) is 0 Å². The van der Waals surface area contributed by atoms with Crippen molar-refractivity contribution in [1.29, 1.82) is 0 Å². The second-order valence-corrected chi connectivity index (χ2v) is 6.75. The first-order valence-corrected chi connectivity index (χ1v) is 8.73. The lowest BCUT2D eigenvalue weighted by Gasteiger charge is -2.38. The van der Waals surface area contributed by atoms with Gasteiger partial charge in [-0.05, 0) is 12.8 Å². The Morgan fingerprint density at radius 1 is 0.826 bits per heavy atom. The monoisotopic (exact) mass is 344 g/mol. The molecule has 2 amide bonds. The van der Waals surface area contributed by atoms with Gasteiger partial charge in [-0.1, -0.05) is 12.8 Å². The third-order valence-electron chi connectivity index (χ3n) is 5.13. The van der Waals surface area contributed by atoms with Crippen molar-refractivity contribution in [2.24, 2.45) is 5.92 Å². The third-order valence-corrected chi connectivity index (χ3v) is 5.13. The highest BCUT2D eigenvalue weighted by Crippen LogP contribution is 2.13. The number of nitrogens with zero attached hydrogens (tertiary/aromatic N) is 3. The molecular weight excluding hydrogens is 316 g/mol. The van der Waals surface area contributed by atoms with Crippen molar-refractivity contribution < 1.29 is 9.59 Å². The van der Waals surface area contributed by atoms with Gasteiger partial charge in [-0.15, -0.1) is 12.4 Å². The first-order valence-electron chi connectivity index (χ1n) is 8.73. The average Bonchev–Trinajstić information content (AvgIpc) is 2.75. The molecule has 0 aliphatic carbocycles. The molecule has 1 N–H and O–H groups in total. The van der Waals surface area contributed by atoms with Crippen molar-refractivity contribution in [1.82, 2.24) is 20.0 Å². The lowest BCUT2D eigenvalue weighted by Crippen LogP contribution is -2.57. The molecule has 3 saturated heterocycles. The second-order valence-electron chi connectivity index (χ2n) is 6.75. The van der Waals surface area contributed by atoms with Crippen LogP contribution in [0.15, 0.2) is 0 Å². The maximum Gasteiger partial charge on any atom is 0.236 e. The van der Waals surface area contributed by atoms with Crippen LogP contribution >= 0.6 is 12.4 Å². The maximum absolute atomic E-state index is 12.4. The SMILES string of the molecule is Cl.O=C(CN1CCN(C(=O)C2CNC2)CC1)N1CCCCCC1. The maximum atomic E-state index is 12.4. The Balaban J connectivity index is 0.00000192. The van der Waals surface area contributed by atoms with E-state index in [4.69, 9.17) is 0 Å². The number of rotatable bonds is 3. The highest BCUT2D eigenvalue weighted by atomic mass is 35.5. The minimum absolute atomic E-state index is 0. The summed E-state index contributed by atoms with van der Waals surface area (Å²) in [7, 11) is 0. The van der Waals surface area contributed by atoms with E-state index in [0.29, 0.717) is 6.54 Å². The summed E-state index contributed by atoms with van der Waals surface area (Å²) in [5.74, 6) is 0.743. The molecule has 132 valence electrons. The van der Waals surface area contributed by atoms with E-state index < -0.39 is 0 Å². The minimum atomic E-state index is 0. The first-order chi connectivity index (χ1) is 10.7. The summed E-state index contributed by atoms with van der Waals surface area (Å²) < 4.78 is 0. The van der Waals surface area contributed by atoms with Gasteiger partial charge in [0.2, 0.25) is 11.8 Å². The predicted octanol–water partition coefficient (Wildman–Crippen LogP) is 0.174. The molecule has 3 fully saturated rings. The molecule has 0 unspecified atom stereocenters. The largest absolute Gasteiger partial charge is 0.342 e. The first kappa shape index (κ1) is 18.5. The van der Waals surface area contributed by atoms with Crippen LogP contribution in [0, 0.1) is 5.92 Å². The molecule has 0 aromatic heterocycles. The molecule has 3 aliphatic rings. The van der Waals surface area contributed by atoms with Crippen LogP contribution in [-0.2, 0) is 9.59 Å². The van der Waals surface area contributed by atoms with Gasteiger partial charge in [-0.25, -0.2) is 0 Å². The molecule has 0 saturated carbocycles. The number of piperazine rings is 1. The van der Waals surface area contributed by atoms with E-state index in [1.807, 2.05) is 9.80 Å². The topological polar surface area (TPSA) is 55.9 Å². The Kier molecular flexibility index (Phi) is 7.11. The fourth-order valence-electron chi connectivity index (χ4n) is 3.46. The number of hydrogen-bond acceptors (Lipinski definition) is 4. The van der Waals surface area contributed by atoms with E-state index in [1.54, 1.807) is 0 Å². The number of carbonyl (C=O) groups excluding carboxylic acids is 2. The van der Waals surface area contributed by atoms with Crippen molar-refractivity contribution in [3.63, 3.8) is 0 Å². The molecule has 23 heavy (non-hydrogen) atoms. The van der Waals surface area contributed by atoms with E-state index in [0.717, 1.165) is 65.2 Å². The van der Waals surface area contributed by atoms with Gasteiger partial charge in [0, 0.05) is 52.4 Å². The number of nitrogens with one attached hydrogen (secondary N) is 1. The number of carbonyl (C=O) groups is 2. The fraction of sp³-hybridized carbons (Fsp3) is 0.875. The molecular formula is C16H29ClN4O2. The number of amides is 2. The van der Waals surface area contributed by atoms with Gasteiger partial charge in [0.25, 0.3) is 0 Å². The highest BCUT2D eigenvalue weighted by Gasteiger charge is 2.31. The van der Waals surface area contributed by atoms with Gasteiger partial charge in [0.05, 0.1) is 12.5 Å². The van der Waals surface area contributed by atoms with Crippen LogP contribution in [0.5, 0.6) is 0 Å². The molecule has 0 radical (unpaired) electrons. The van der Waals surface area contributed by atoms with E-state index in [1.165, 1.54) is 12.8 Å². The van der Waals surface area contributed by atoms with Gasteiger partial charge in [0.1, 0.15) is 0 Å². The highest BCUT2D eigenvalue weighted by molar-refractivity contribution is 5.85. The van der Waals surface area contributed by atoms with Crippen LogP contribution < -0.4 is 5.32 Å². The van der Waals surface area contributed by atoms with E-state index in [-0.39, 0.29) is 30.1 Å². The summed E-state index contributed by atoms with van der Waals surface area (Å²) in [5.41, 5.74) is 0. The zero-order valence-electron chi connectivity index (χ0n) is 13.8.